The van der Waals surface area contributed by atoms with Crippen molar-refractivity contribution in [3.05, 3.63) is 48.0 Å². The highest BCUT2D eigenvalue weighted by molar-refractivity contribution is 5.78. The highest BCUT2D eigenvalue weighted by Gasteiger charge is 2.31. The zero-order chi connectivity index (χ0) is 20.8. The van der Waals surface area contributed by atoms with Crippen molar-refractivity contribution in [2.24, 2.45) is 5.92 Å². The number of amides is 1. The fourth-order valence-corrected chi connectivity index (χ4v) is 4.77. The Morgan fingerprint density at radius 2 is 2.07 bits per heavy atom. The second kappa shape index (κ2) is 10.2. The number of carbonyl (C=O) groups is 1. The van der Waals surface area contributed by atoms with E-state index in [1.54, 1.807) is 0 Å². The maximum Gasteiger partial charge on any atom is 0.224 e. The standard InChI is InChI=1S/C23H34N6O/c1-19-14-26-29(16-19)13-9-25-23(30)21-5-3-10-28(18-21)22-6-11-27(12-7-22)17-20-4-2-8-24-15-20/h2,4,8,14-16,21-22H,3,5-7,9-13,17-18H2,1H3,(H,25,30). The first-order chi connectivity index (χ1) is 14.7. The van der Waals surface area contributed by atoms with Gasteiger partial charge in [-0.3, -0.25) is 24.3 Å². The van der Waals surface area contributed by atoms with E-state index in [0.29, 0.717) is 12.6 Å². The number of pyridine rings is 1. The van der Waals surface area contributed by atoms with Gasteiger partial charge in [-0.2, -0.15) is 5.10 Å². The number of hydrogen-bond acceptors (Lipinski definition) is 5. The molecule has 162 valence electrons. The summed E-state index contributed by atoms with van der Waals surface area (Å²) >= 11 is 0. The summed E-state index contributed by atoms with van der Waals surface area (Å²) in [6.07, 6.45) is 12.2. The van der Waals surface area contributed by atoms with Gasteiger partial charge in [0.25, 0.3) is 0 Å². The number of hydrogen-bond donors (Lipinski definition) is 1. The fraction of sp³-hybridized carbons (Fsp3) is 0.609. The third kappa shape index (κ3) is 5.67. The van der Waals surface area contributed by atoms with Crippen LogP contribution < -0.4 is 5.32 Å². The molecule has 0 spiro atoms. The van der Waals surface area contributed by atoms with Crippen LogP contribution in [0.25, 0.3) is 0 Å². The summed E-state index contributed by atoms with van der Waals surface area (Å²) in [5, 5.41) is 7.41. The van der Waals surface area contributed by atoms with E-state index in [4.69, 9.17) is 0 Å². The van der Waals surface area contributed by atoms with E-state index in [2.05, 4.69) is 31.3 Å². The monoisotopic (exact) mass is 410 g/mol. The molecular formula is C23H34N6O. The van der Waals surface area contributed by atoms with Gasteiger partial charge in [0, 0.05) is 44.3 Å². The Labute approximate surface area is 179 Å². The van der Waals surface area contributed by atoms with Crippen LogP contribution in [0.15, 0.2) is 36.9 Å². The maximum absolute atomic E-state index is 12.7. The number of piperidine rings is 2. The topological polar surface area (TPSA) is 66.3 Å². The molecule has 0 radical (unpaired) electrons. The van der Waals surface area contributed by atoms with Crippen LogP contribution in [0.2, 0.25) is 0 Å². The molecule has 1 amide bonds. The van der Waals surface area contributed by atoms with Crippen molar-refractivity contribution < 1.29 is 4.79 Å². The van der Waals surface area contributed by atoms with Crippen LogP contribution in [0.5, 0.6) is 0 Å². The average molecular weight is 411 g/mol. The minimum Gasteiger partial charge on any atom is -0.354 e. The number of nitrogens with zero attached hydrogens (tertiary/aromatic N) is 5. The average Bonchev–Trinajstić information content (AvgIpc) is 3.20. The van der Waals surface area contributed by atoms with Crippen LogP contribution in [0, 0.1) is 12.8 Å². The first-order valence-electron chi connectivity index (χ1n) is 11.3. The summed E-state index contributed by atoms with van der Waals surface area (Å²) in [4.78, 5) is 22.0. The van der Waals surface area contributed by atoms with Crippen LogP contribution in [-0.4, -0.2) is 69.2 Å². The lowest BCUT2D eigenvalue weighted by atomic mass is 9.93. The molecular weight excluding hydrogens is 376 g/mol. The first kappa shape index (κ1) is 21.0. The third-order valence-electron chi connectivity index (χ3n) is 6.43. The molecule has 1 N–H and O–H groups in total. The molecule has 30 heavy (non-hydrogen) atoms. The third-order valence-corrected chi connectivity index (χ3v) is 6.43. The molecule has 0 saturated carbocycles. The van der Waals surface area contributed by atoms with Gasteiger partial charge in [0.1, 0.15) is 0 Å². The Balaban J connectivity index is 1.19. The summed E-state index contributed by atoms with van der Waals surface area (Å²) < 4.78 is 1.89. The smallest absolute Gasteiger partial charge is 0.224 e. The van der Waals surface area contributed by atoms with Crippen molar-refractivity contribution >= 4 is 5.91 Å². The number of rotatable bonds is 7. The summed E-state index contributed by atoms with van der Waals surface area (Å²) in [6, 6.07) is 4.77. The van der Waals surface area contributed by atoms with Crippen molar-refractivity contribution in [1.29, 1.82) is 0 Å². The summed E-state index contributed by atoms with van der Waals surface area (Å²) in [5.74, 6) is 0.323. The Hall–Kier alpha value is -2.25. The molecule has 0 aromatic carbocycles. The number of likely N-dealkylation sites (tertiary alicyclic amines) is 2. The van der Waals surface area contributed by atoms with Gasteiger partial charge in [0.05, 0.1) is 18.7 Å². The van der Waals surface area contributed by atoms with Gasteiger partial charge in [0.2, 0.25) is 5.91 Å². The SMILES string of the molecule is Cc1cnn(CCNC(=O)C2CCCN(C3CCN(Cc4cccnc4)CC3)C2)c1. The molecule has 2 aromatic heterocycles. The normalized spacial score (nSPS) is 21.6. The molecule has 2 aliphatic rings. The van der Waals surface area contributed by atoms with Crippen molar-refractivity contribution in [3.8, 4) is 0 Å². The Kier molecular flexibility index (Phi) is 7.12. The van der Waals surface area contributed by atoms with Crippen LogP contribution in [-0.2, 0) is 17.9 Å². The van der Waals surface area contributed by atoms with Gasteiger partial charge in [-0.15, -0.1) is 0 Å². The zero-order valence-electron chi connectivity index (χ0n) is 18.0. The molecule has 4 rings (SSSR count). The predicted molar refractivity (Wildman–Crippen MR) is 117 cm³/mol. The van der Waals surface area contributed by atoms with Crippen LogP contribution in [0.1, 0.15) is 36.8 Å². The van der Waals surface area contributed by atoms with Gasteiger partial charge >= 0.3 is 0 Å². The second-order valence-electron chi connectivity index (χ2n) is 8.77. The maximum atomic E-state index is 12.7. The van der Waals surface area contributed by atoms with E-state index in [-0.39, 0.29) is 11.8 Å². The van der Waals surface area contributed by atoms with Crippen LogP contribution in [0.3, 0.4) is 0 Å². The van der Waals surface area contributed by atoms with Gasteiger partial charge in [-0.05, 0) is 69.4 Å². The van der Waals surface area contributed by atoms with Crippen molar-refractivity contribution in [1.82, 2.24) is 29.9 Å². The van der Waals surface area contributed by atoms with Crippen LogP contribution in [0.4, 0.5) is 0 Å². The van der Waals surface area contributed by atoms with Gasteiger partial charge in [-0.1, -0.05) is 6.07 Å². The number of aromatic nitrogens is 3. The highest BCUT2D eigenvalue weighted by Crippen LogP contribution is 2.24. The molecule has 7 heteroatoms. The zero-order valence-corrected chi connectivity index (χ0v) is 18.0. The fourth-order valence-electron chi connectivity index (χ4n) is 4.77. The Morgan fingerprint density at radius 3 is 2.80 bits per heavy atom. The van der Waals surface area contributed by atoms with Crippen molar-refractivity contribution in [3.63, 3.8) is 0 Å². The largest absolute Gasteiger partial charge is 0.354 e. The molecule has 0 bridgehead atoms. The minimum absolute atomic E-state index is 0.117. The summed E-state index contributed by atoms with van der Waals surface area (Å²) in [7, 11) is 0. The summed E-state index contributed by atoms with van der Waals surface area (Å²) in [5.41, 5.74) is 2.44. The lowest BCUT2D eigenvalue weighted by Gasteiger charge is -2.42. The van der Waals surface area contributed by atoms with Gasteiger partial charge in [-0.25, -0.2) is 0 Å². The number of carbonyl (C=O) groups excluding carboxylic acids is 1. The second-order valence-corrected chi connectivity index (χ2v) is 8.77. The van der Waals surface area contributed by atoms with Crippen molar-refractivity contribution in [2.45, 2.75) is 51.7 Å². The molecule has 7 nitrogen and oxygen atoms in total. The molecule has 2 aliphatic heterocycles. The highest BCUT2D eigenvalue weighted by atomic mass is 16.1. The molecule has 2 fully saturated rings. The minimum atomic E-state index is 0.117. The van der Waals surface area contributed by atoms with Crippen LogP contribution >= 0.6 is 0 Å². The van der Waals surface area contributed by atoms with E-state index < -0.39 is 0 Å². The van der Waals surface area contributed by atoms with E-state index >= 15 is 0 Å². The van der Waals surface area contributed by atoms with Gasteiger partial charge in [0.15, 0.2) is 0 Å². The summed E-state index contributed by atoms with van der Waals surface area (Å²) in [6.45, 7) is 8.66. The molecule has 1 atom stereocenters. The van der Waals surface area contributed by atoms with E-state index in [9.17, 15) is 4.79 Å². The van der Waals surface area contributed by atoms with Crippen molar-refractivity contribution in [2.75, 3.05) is 32.7 Å². The Bertz CT molecular complexity index is 799. The molecule has 2 aromatic rings. The first-order valence-corrected chi connectivity index (χ1v) is 11.3. The molecule has 2 saturated heterocycles. The quantitative estimate of drug-likeness (QED) is 0.757. The number of nitrogens with one attached hydrogen (secondary N) is 1. The lowest BCUT2D eigenvalue weighted by molar-refractivity contribution is -0.127. The molecule has 0 aliphatic carbocycles. The van der Waals surface area contributed by atoms with E-state index in [0.717, 1.165) is 57.7 Å². The lowest BCUT2D eigenvalue weighted by Crippen LogP contribution is -2.50. The number of aryl methyl sites for hydroxylation is 1. The molecule has 4 heterocycles. The van der Waals surface area contributed by atoms with Gasteiger partial charge < -0.3 is 5.32 Å². The predicted octanol–water partition coefficient (Wildman–Crippen LogP) is 2.08. The molecule has 1 unspecified atom stereocenters. The van der Waals surface area contributed by atoms with E-state index in [1.807, 2.05) is 42.5 Å². The Morgan fingerprint density at radius 1 is 1.20 bits per heavy atom. The van der Waals surface area contributed by atoms with E-state index in [1.165, 1.54) is 18.4 Å².